The lowest BCUT2D eigenvalue weighted by Crippen LogP contribution is -2.25. The van der Waals surface area contributed by atoms with Gasteiger partial charge in [0.05, 0.1) is 5.56 Å². The summed E-state index contributed by atoms with van der Waals surface area (Å²) in [6, 6.07) is 7.18. The summed E-state index contributed by atoms with van der Waals surface area (Å²) in [5.41, 5.74) is 4.10. The van der Waals surface area contributed by atoms with Gasteiger partial charge in [0.1, 0.15) is 17.9 Å². The van der Waals surface area contributed by atoms with Crippen LogP contribution in [-0.4, -0.2) is 37.4 Å². The van der Waals surface area contributed by atoms with Crippen LogP contribution in [-0.2, 0) is 0 Å². The van der Waals surface area contributed by atoms with Crippen LogP contribution < -0.4 is 10.6 Å². The number of rotatable bonds is 6. The Bertz CT molecular complexity index is 756. The number of para-hydroxylation sites is 1. The first-order chi connectivity index (χ1) is 13.6. The van der Waals surface area contributed by atoms with Crippen molar-refractivity contribution in [2.75, 3.05) is 20.1 Å². The molecule has 1 aromatic rings. The lowest BCUT2D eigenvalue weighted by atomic mass is 10.1. The van der Waals surface area contributed by atoms with Crippen molar-refractivity contribution >= 4 is 12.2 Å². The number of aromatic hydroxyl groups is 1. The Hall–Kier alpha value is -2.66. The number of allylic oxidation sites excluding steroid dienone is 5. The van der Waals surface area contributed by atoms with E-state index in [0.717, 1.165) is 25.1 Å². The first-order valence-corrected chi connectivity index (χ1v) is 9.91. The zero-order valence-electron chi connectivity index (χ0n) is 17.8. The summed E-state index contributed by atoms with van der Waals surface area (Å²) in [7, 11) is 1.93. The predicted molar refractivity (Wildman–Crippen MR) is 121 cm³/mol. The number of phenolic OH excluding ortho intramolecular Hbond substituents is 1. The largest absolute Gasteiger partial charge is 0.507 e. The average Bonchev–Trinajstić information content (AvgIpc) is 2.88. The second kappa shape index (κ2) is 13.5. The summed E-state index contributed by atoms with van der Waals surface area (Å²) in [6.45, 7) is 9.99. The number of amidine groups is 1. The van der Waals surface area contributed by atoms with Gasteiger partial charge in [-0.2, -0.15) is 0 Å². The maximum atomic E-state index is 10.2. The summed E-state index contributed by atoms with van der Waals surface area (Å²) in [6.07, 6.45) is 9.92. The highest BCUT2D eigenvalue weighted by Crippen LogP contribution is 2.21. The van der Waals surface area contributed by atoms with Crippen LogP contribution in [0.1, 0.15) is 46.1 Å². The Morgan fingerprint density at radius 3 is 2.50 bits per heavy atom. The fourth-order valence-corrected chi connectivity index (χ4v) is 2.48. The highest BCUT2D eigenvalue weighted by molar-refractivity contribution is 6.05. The van der Waals surface area contributed by atoms with Crippen molar-refractivity contribution in [1.82, 2.24) is 10.6 Å². The highest BCUT2D eigenvalue weighted by atomic mass is 16.3. The Labute approximate surface area is 169 Å². The maximum Gasteiger partial charge on any atom is 0.143 e. The van der Waals surface area contributed by atoms with Crippen LogP contribution in [0.3, 0.4) is 0 Å². The van der Waals surface area contributed by atoms with Crippen molar-refractivity contribution in [3.05, 3.63) is 64.9 Å². The summed E-state index contributed by atoms with van der Waals surface area (Å²) in [5.74, 6) is 0.780. The van der Waals surface area contributed by atoms with Crippen LogP contribution in [0.15, 0.2) is 69.3 Å². The third kappa shape index (κ3) is 7.92. The standard InChI is InChI=1S/C20H25N3O.C3H9N/c1-4-16-10-8-9-15(3)13-18(16)23-20(22-14-21-5-2)17-11-6-7-12-19(17)24;1-3-4-2/h6-7,9-14,24H,4-5,8H2,1-3H3,(H,21,22,23);4H,3H2,1-2H3. The van der Waals surface area contributed by atoms with Crippen LogP contribution >= 0.6 is 0 Å². The lowest BCUT2D eigenvalue weighted by molar-refractivity contribution is 0.474. The first-order valence-electron chi connectivity index (χ1n) is 9.91. The molecule has 1 aromatic carbocycles. The molecule has 2 rings (SSSR count). The molecule has 0 radical (unpaired) electrons. The maximum absolute atomic E-state index is 10.2. The third-order valence-corrected chi connectivity index (χ3v) is 4.12. The zero-order valence-corrected chi connectivity index (χ0v) is 17.8. The van der Waals surface area contributed by atoms with Gasteiger partial charge >= 0.3 is 0 Å². The van der Waals surface area contributed by atoms with Crippen LogP contribution in [0.25, 0.3) is 0 Å². The Morgan fingerprint density at radius 2 is 1.89 bits per heavy atom. The predicted octanol–water partition coefficient (Wildman–Crippen LogP) is 4.57. The molecule has 0 amide bonds. The van der Waals surface area contributed by atoms with Crippen molar-refractivity contribution in [2.24, 2.45) is 9.98 Å². The Kier molecular flexibility index (Phi) is 11.3. The first kappa shape index (κ1) is 23.4. The number of hydrogen-bond acceptors (Lipinski definition) is 3. The van der Waals surface area contributed by atoms with E-state index in [4.69, 9.17) is 0 Å². The van der Waals surface area contributed by atoms with Crippen LogP contribution in [0, 0.1) is 0 Å². The number of benzene rings is 1. The summed E-state index contributed by atoms with van der Waals surface area (Å²) >= 11 is 0. The molecule has 3 N–H and O–H groups in total. The quantitative estimate of drug-likeness (QED) is 0.498. The molecule has 0 aromatic heterocycles. The molecule has 5 heteroatoms. The van der Waals surface area contributed by atoms with E-state index in [1.54, 1.807) is 12.1 Å². The monoisotopic (exact) mass is 382 g/mol. The number of phenols is 1. The zero-order chi connectivity index (χ0) is 20.8. The molecule has 0 unspecified atom stereocenters. The lowest BCUT2D eigenvalue weighted by Gasteiger charge is -2.16. The van der Waals surface area contributed by atoms with Crippen molar-refractivity contribution in [1.29, 1.82) is 0 Å². The Balaban J connectivity index is 0.000000892. The van der Waals surface area contributed by atoms with Gasteiger partial charge in [-0.1, -0.05) is 43.7 Å². The average molecular weight is 383 g/mol. The summed E-state index contributed by atoms with van der Waals surface area (Å²) in [5, 5.41) is 16.5. The number of nitrogens with one attached hydrogen (secondary N) is 2. The number of aliphatic imine (C=N–C) groups is 2. The molecule has 0 fully saturated rings. The fourth-order valence-electron chi connectivity index (χ4n) is 2.48. The molecular weight excluding hydrogens is 348 g/mol. The van der Waals surface area contributed by atoms with Crippen molar-refractivity contribution in [3.63, 3.8) is 0 Å². The van der Waals surface area contributed by atoms with Crippen molar-refractivity contribution in [3.8, 4) is 5.75 Å². The molecule has 0 aliphatic heterocycles. The molecule has 0 saturated heterocycles. The molecular formula is C23H34N4O. The smallest absolute Gasteiger partial charge is 0.143 e. The van der Waals surface area contributed by atoms with E-state index in [9.17, 15) is 5.11 Å². The van der Waals surface area contributed by atoms with Crippen LogP contribution in [0.4, 0.5) is 0 Å². The molecule has 5 nitrogen and oxygen atoms in total. The summed E-state index contributed by atoms with van der Waals surface area (Å²) in [4.78, 5) is 8.58. The van der Waals surface area contributed by atoms with Crippen LogP contribution in [0.5, 0.6) is 5.75 Å². The topological polar surface area (TPSA) is 69.0 Å². The van der Waals surface area contributed by atoms with E-state index in [0.29, 0.717) is 17.9 Å². The molecule has 0 atom stereocenters. The summed E-state index contributed by atoms with van der Waals surface area (Å²) < 4.78 is 0. The second-order valence-corrected chi connectivity index (χ2v) is 6.27. The van der Waals surface area contributed by atoms with E-state index in [2.05, 4.69) is 59.6 Å². The van der Waals surface area contributed by atoms with Crippen LogP contribution in [0.2, 0.25) is 0 Å². The molecule has 0 spiro atoms. The molecule has 0 heterocycles. The molecule has 28 heavy (non-hydrogen) atoms. The van der Waals surface area contributed by atoms with E-state index < -0.39 is 0 Å². The van der Waals surface area contributed by atoms with Gasteiger partial charge in [0, 0.05) is 12.2 Å². The van der Waals surface area contributed by atoms with E-state index in [1.165, 1.54) is 17.5 Å². The number of nitrogens with zero attached hydrogens (tertiary/aromatic N) is 2. The van der Waals surface area contributed by atoms with E-state index in [-0.39, 0.29) is 5.75 Å². The van der Waals surface area contributed by atoms with E-state index in [1.807, 2.05) is 26.1 Å². The molecule has 1 aliphatic carbocycles. The van der Waals surface area contributed by atoms with Gasteiger partial charge in [-0.15, -0.1) is 0 Å². The van der Waals surface area contributed by atoms with Gasteiger partial charge < -0.3 is 15.7 Å². The van der Waals surface area contributed by atoms with Gasteiger partial charge in [0.15, 0.2) is 0 Å². The van der Waals surface area contributed by atoms with Crippen molar-refractivity contribution < 1.29 is 5.11 Å². The van der Waals surface area contributed by atoms with Crippen molar-refractivity contribution in [2.45, 2.75) is 40.5 Å². The highest BCUT2D eigenvalue weighted by Gasteiger charge is 2.13. The van der Waals surface area contributed by atoms with E-state index >= 15 is 0 Å². The minimum absolute atomic E-state index is 0.192. The van der Waals surface area contributed by atoms with Gasteiger partial charge in [-0.3, -0.25) is 4.99 Å². The van der Waals surface area contributed by atoms with Gasteiger partial charge in [0.2, 0.25) is 0 Å². The molecule has 152 valence electrons. The van der Waals surface area contributed by atoms with Gasteiger partial charge in [-0.25, -0.2) is 4.99 Å². The normalized spacial score (nSPS) is 14.5. The molecule has 0 saturated carbocycles. The number of hydrogen-bond donors (Lipinski definition) is 3. The fraction of sp³-hybridized carbons (Fsp3) is 0.391. The minimum atomic E-state index is 0.192. The SMILES string of the molecule is CCN=CN=C(NC1=CC(C)=CCC=C1CC)c1ccccc1O.CCNC. The molecule has 0 bridgehead atoms. The second-order valence-electron chi connectivity index (χ2n) is 6.27. The van der Waals surface area contributed by atoms with Gasteiger partial charge in [0.25, 0.3) is 0 Å². The Morgan fingerprint density at radius 1 is 1.18 bits per heavy atom. The minimum Gasteiger partial charge on any atom is -0.507 e. The molecule has 1 aliphatic rings. The van der Waals surface area contributed by atoms with Gasteiger partial charge in [-0.05, 0) is 64.1 Å². The third-order valence-electron chi connectivity index (χ3n) is 4.12.